The molecule has 0 spiro atoms. The maximum absolute atomic E-state index is 12.5. The number of aromatic amines is 1. The molecule has 0 aliphatic rings. The Morgan fingerprint density at radius 2 is 1.57 bits per heavy atom. The van der Waals surface area contributed by atoms with E-state index in [4.69, 9.17) is 11.6 Å². The van der Waals surface area contributed by atoms with E-state index in [1.54, 1.807) is 24.3 Å². The van der Waals surface area contributed by atoms with Crippen LogP contribution in [0.5, 0.6) is 0 Å². The molecule has 30 heavy (non-hydrogen) atoms. The second kappa shape index (κ2) is 8.58. The molecule has 3 aromatic rings. The number of halogens is 1. The highest BCUT2D eigenvalue weighted by atomic mass is 35.5. The number of carboxylic acids is 2. The monoisotopic (exact) mass is 427 g/mol. The molecule has 2 aromatic carbocycles. The van der Waals surface area contributed by atoms with Crippen LogP contribution in [0.15, 0.2) is 53.3 Å². The van der Waals surface area contributed by atoms with Crippen molar-refractivity contribution in [2.24, 2.45) is 0 Å². The van der Waals surface area contributed by atoms with Crippen LogP contribution in [0, 0.1) is 0 Å². The van der Waals surface area contributed by atoms with Crippen molar-refractivity contribution in [3.05, 3.63) is 86.2 Å². The molecule has 0 saturated heterocycles. The number of hydrogen-bond acceptors (Lipinski definition) is 5. The van der Waals surface area contributed by atoms with E-state index in [0.717, 1.165) is 11.6 Å². The van der Waals surface area contributed by atoms with Crippen molar-refractivity contribution in [3.8, 4) is 11.3 Å². The number of carboxylic acid groups (broad SMARTS) is 2. The van der Waals surface area contributed by atoms with Gasteiger partial charge in [0.05, 0.1) is 16.8 Å². The average Bonchev–Trinajstić information content (AvgIpc) is 2.73. The fraction of sp³-hybridized carbons (Fsp3) is 0.0500. The van der Waals surface area contributed by atoms with Crippen LogP contribution < -0.4 is 10.9 Å². The molecule has 1 aromatic heterocycles. The van der Waals surface area contributed by atoms with Crippen LogP contribution in [0.2, 0.25) is 5.02 Å². The Labute approximate surface area is 174 Å². The highest BCUT2D eigenvalue weighted by Gasteiger charge is 2.16. The zero-order chi connectivity index (χ0) is 21.8. The van der Waals surface area contributed by atoms with Gasteiger partial charge in [0.25, 0.3) is 11.5 Å². The van der Waals surface area contributed by atoms with Crippen LogP contribution in [-0.4, -0.2) is 38.3 Å². The molecule has 0 fully saturated rings. The molecule has 4 N–H and O–H groups in total. The summed E-state index contributed by atoms with van der Waals surface area (Å²) in [5.74, 6) is -3.34. The minimum absolute atomic E-state index is 0.0387. The number of carbonyl (C=O) groups excluding carboxylic acids is 1. The Balaban J connectivity index is 1.92. The summed E-state index contributed by atoms with van der Waals surface area (Å²) >= 11 is 5.81. The minimum Gasteiger partial charge on any atom is -0.478 e. The Bertz CT molecular complexity index is 1170. The first-order chi connectivity index (χ1) is 14.2. The molecular formula is C20H14ClN3O6. The number of benzene rings is 2. The predicted molar refractivity (Wildman–Crippen MR) is 107 cm³/mol. The van der Waals surface area contributed by atoms with Gasteiger partial charge in [-0.2, -0.15) is 5.10 Å². The van der Waals surface area contributed by atoms with E-state index in [1.165, 1.54) is 18.2 Å². The molecule has 1 heterocycles. The van der Waals surface area contributed by atoms with Crippen LogP contribution in [0.4, 0.5) is 0 Å². The summed E-state index contributed by atoms with van der Waals surface area (Å²) in [6.45, 7) is 0.144. The number of hydrogen-bond donors (Lipinski definition) is 4. The van der Waals surface area contributed by atoms with Crippen molar-refractivity contribution < 1.29 is 24.6 Å². The van der Waals surface area contributed by atoms with Gasteiger partial charge in [-0.1, -0.05) is 23.7 Å². The van der Waals surface area contributed by atoms with Crippen molar-refractivity contribution in [2.75, 3.05) is 0 Å². The van der Waals surface area contributed by atoms with Gasteiger partial charge in [-0.3, -0.25) is 9.59 Å². The summed E-state index contributed by atoms with van der Waals surface area (Å²) in [4.78, 5) is 47.1. The van der Waals surface area contributed by atoms with E-state index in [0.29, 0.717) is 5.02 Å². The zero-order valence-electron chi connectivity index (χ0n) is 15.2. The number of carbonyl (C=O) groups is 3. The maximum atomic E-state index is 12.5. The van der Waals surface area contributed by atoms with Gasteiger partial charge in [0.2, 0.25) is 0 Å². The van der Waals surface area contributed by atoms with Crippen molar-refractivity contribution in [2.45, 2.75) is 6.54 Å². The van der Waals surface area contributed by atoms with Crippen LogP contribution in [0.3, 0.4) is 0 Å². The summed E-state index contributed by atoms with van der Waals surface area (Å²) in [6, 6.07) is 11.3. The normalized spacial score (nSPS) is 10.4. The second-order valence-corrected chi connectivity index (χ2v) is 6.65. The van der Waals surface area contributed by atoms with E-state index in [1.807, 2.05) is 0 Å². The fourth-order valence-corrected chi connectivity index (χ4v) is 2.75. The smallest absolute Gasteiger partial charge is 0.335 e. The van der Waals surface area contributed by atoms with Crippen LogP contribution in [0.1, 0.15) is 36.6 Å². The largest absolute Gasteiger partial charge is 0.478 e. The molecule has 0 atom stereocenters. The number of amides is 1. The molecule has 10 heteroatoms. The molecule has 3 rings (SSSR count). The Morgan fingerprint density at radius 1 is 0.967 bits per heavy atom. The number of H-pyrrole nitrogens is 1. The highest BCUT2D eigenvalue weighted by molar-refractivity contribution is 6.30. The molecule has 0 bridgehead atoms. The second-order valence-electron chi connectivity index (χ2n) is 6.21. The molecule has 0 aliphatic carbocycles. The predicted octanol–water partition coefficient (Wildman–Crippen LogP) is 2.42. The topological polar surface area (TPSA) is 149 Å². The van der Waals surface area contributed by atoms with Crippen LogP contribution in [-0.2, 0) is 6.54 Å². The molecule has 0 aliphatic heterocycles. The van der Waals surface area contributed by atoms with Crippen molar-refractivity contribution in [1.82, 2.24) is 15.5 Å². The third-order valence-corrected chi connectivity index (χ3v) is 4.39. The summed E-state index contributed by atoms with van der Waals surface area (Å²) < 4.78 is 0. The molecule has 0 saturated carbocycles. The summed E-state index contributed by atoms with van der Waals surface area (Å²) in [5.41, 5.74) is -0.629. The molecule has 152 valence electrons. The molecule has 1 amide bonds. The number of nitrogens with one attached hydrogen (secondary N) is 2. The van der Waals surface area contributed by atoms with E-state index in [9.17, 15) is 29.4 Å². The first-order valence-corrected chi connectivity index (χ1v) is 8.87. The van der Waals surface area contributed by atoms with Gasteiger partial charge >= 0.3 is 11.9 Å². The van der Waals surface area contributed by atoms with Crippen molar-refractivity contribution in [1.29, 1.82) is 0 Å². The number of aromatic carboxylic acids is 2. The lowest BCUT2D eigenvalue weighted by molar-refractivity contribution is 0.0696. The van der Waals surface area contributed by atoms with Gasteiger partial charge in [-0.05, 0) is 42.0 Å². The molecule has 0 unspecified atom stereocenters. The first-order valence-electron chi connectivity index (χ1n) is 8.49. The van der Waals surface area contributed by atoms with Gasteiger partial charge in [0.1, 0.15) is 5.56 Å². The van der Waals surface area contributed by atoms with Gasteiger partial charge in [0.15, 0.2) is 0 Å². The lowest BCUT2D eigenvalue weighted by Gasteiger charge is -2.08. The number of nitrogens with zero attached hydrogens (tertiary/aromatic N) is 1. The summed E-state index contributed by atoms with van der Waals surface area (Å²) in [7, 11) is 0. The van der Waals surface area contributed by atoms with Crippen LogP contribution in [0.25, 0.3) is 11.3 Å². The summed E-state index contributed by atoms with van der Waals surface area (Å²) in [5, 5.41) is 27.5. The zero-order valence-corrected chi connectivity index (χ0v) is 15.9. The SMILES string of the molecule is O=C(O)c1cc(C(=O)O)cc(-c2cc(C(=O)NCc3ccc(Cl)cc3)c(=O)[nH]n2)c1. The molecule has 0 radical (unpaired) electrons. The number of rotatable bonds is 6. The Kier molecular flexibility index (Phi) is 5.93. The van der Waals surface area contributed by atoms with Gasteiger partial charge in [0, 0.05) is 17.1 Å². The van der Waals surface area contributed by atoms with E-state index in [2.05, 4.69) is 15.5 Å². The van der Waals surface area contributed by atoms with Crippen molar-refractivity contribution >= 4 is 29.4 Å². The van der Waals surface area contributed by atoms with E-state index >= 15 is 0 Å². The lowest BCUT2D eigenvalue weighted by Crippen LogP contribution is -2.29. The summed E-state index contributed by atoms with van der Waals surface area (Å²) in [6.07, 6.45) is 0. The van der Waals surface area contributed by atoms with E-state index < -0.39 is 23.4 Å². The van der Waals surface area contributed by atoms with Crippen molar-refractivity contribution in [3.63, 3.8) is 0 Å². The highest BCUT2D eigenvalue weighted by Crippen LogP contribution is 2.21. The molecule has 9 nitrogen and oxygen atoms in total. The van der Waals surface area contributed by atoms with E-state index in [-0.39, 0.29) is 34.5 Å². The van der Waals surface area contributed by atoms with Gasteiger partial charge < -0.3 is 15.5 Å². The van der Waals surface area contributed by atoms with Crippen LogP contribution >= 0.6 is 11.6 Å². The fourth-order valence-electron chi connectivity index (χ4n) is 2.62. The van der Waals surface area contributed by atoms with Gasteiger partial charge in [-0.25, -0.2) is 14.7 Å². The Hall–Kier alpha value is -3.98. The standard InChI is InChI=1S/C20H14ClN3O6/c21-14-3-1-10(2-4-14)9-22-17(25)15-8-16(23-24-18(15)26)11-5-12(19(27)28)7-13(6-11)20(29)30/h1-8H,9H2,(H,22,25)(H,24,26)(H,27,28)(H,29,30). The third kappa shape index (κ3) is 4.70. The third-order valence-electron chi connectivity index (χ3n) is 4.14. The Morgan fingerprint density at radius 3 is 2.13 bits per heavy atom. The van der Waals surface area contributed by atoms with Gasteiger partial charge in [-0.15, -0.1) is 0 Å². The first kappa shape index (κ1) is 20.7. The lowest BCUT2D eigenvalue weighted by atomic mass is 10.0. The maximum Gasteiger partial charge on any atom is 0.335 e. The quantitative estimate of drug-likeness (QED) is 0.471. The average molecular weight is 428 g/mol. The minimum atomic E-state index is -1.33. The molecular weight excluding hydrogens is 414 g/mol. The number of aromatic nitrogens is 2.